The van der Waals surface area contributed by atoms with E-state index < -0.39 is 6.03 Å². The molecule has 4 heteroatoms. The fraction of sp³-hybridized carbons (Fsp3) is 0.333. The van der Waals surface area contributed by atoms with Crippen molar-refractivity contribution < 1.29 is 9.59 Å². The maximum atomic E-state index is 11.7. The Bertz CT molecular complexity index is 363. The van der Waals surface area contributed by atoms with Crippen LogP contribution < -0.4 is 11.1 Å². The molecule has 0 heterocycles. The smallest absolute Gasteiger partial charge is 0.318 e. The summed E-state index contributed by atoms with van der Waals surface area (Å²) < 4.78 is 0. The van der Waals surface area contributed by atoms with E-state index in [2.05, 4.69) is 5.32 Å². The van der Waals surface area contributed by atoms with Gasteiger partial charge in [0.25, 0.3) is 0 Å². The zero-order chi connectivity index (χ0) is 12.0. The third kappa shape index (κ3) is 3.38. The fourth-order valence-corrected chi connectivity index (χ4v) is 1.63. The molecule has 1 atom stereocenters. The van der Waals surface area contributed by atoms with E-state index >= 15 is 0 Å². The Morgan fingerprint density at radius 2 is 1.94 bits per heavy atom. The fourth-order valence-electron chi connectivity index (χ4n) is 1.63. The molecule has 0 aromatic heterocycles. The van der Waals surface area contributed by atoms with Crippen molar-refractivity contribution in [2.45, 2.75) is 25.7 Å². The number of urea groups is 1. The van der Waals surface area contributed by atoms with Crippen LogP contribution in [-0.4, -0.2) is 11.9 Å². The molecule has 3 N–H and O–H groups in total. The summed E-state index contributed by atoms with van der Waals surface area (Å²) in [4.78, 5) is 22.4. The number of nitrogens with one attached hydrogen (secondary N) is 1. The molecule has 1 aromatic rings. The van der Waals surface area contributed by atoms with Gasteiger partial charge >= 0.3 is 6.03 Å². The lowest BCUT2D eigenvalue weighted by atomic mass is 9.94. The minimum Gasteiger partial charge on any atom is -0.351 e. The zero-order valence-electron chi connectivity index (χ0n) is 9.27. The third-order valence-corrected chi connectivity index (χ3v) is 2.34. The summed E-state index contributed by atoms with van der Waals surface area (Å²) in [7, 11) is 0. The standard InChI is InChI=1S/C12H16N2O2/c1-2-6-10(11(15)14-12(13)16)9-7-4-3-5-8-9/h3-5,7-8,10H,2,6H2,1H3,(H3,13,14,15,16). The van der Waals surface area contributed by atoms with E-state index in [0.717, 1.165) is 12.0 Å². The number of carbonyl (C=O) groups is 2. The second-order valence-corrected chi connectivity index (χ2v) is 3.61. The summed E-state index contributed by atoms with van der Waals surface area (Å²) in [5, 5.41) is 2.13. The zero-order valence-corrected chi connectivity index (χ0v) is 9.27. The lowest BCUT2D eigenvalue weighted by molar-refractivity contribution is -0.121. The van der Waals surface area contributed by atoms with Crippen molar-refractivity contribution in [2.24, 2.45) is 5.73 Å². The summed E-state index contributed by atoms with van der Waals surface area (Å²) in [5.74, 6) is -0.640. The molecule has 0 aliphatic rings. The molecule has 1 rings (SSSR count). The van der Waals surface area contributed by atoms with Gasteiger partial charge < -0.3 is 5.73 Å². The van der Waals surface area contributed by atoms with E-state index in [4.69, 9.17) is 5.73 Å². The van der Waals surface area contributed by atoms with Gasteiger partial charge in [0, 0.05) is 0 Å². The number of hydrogen-bond acceptors (Lipinski definition) is 2. The summed E-state index contributed by atoms with van der Waals surface area (Å²) >= 11 is 0. The van der Waals surface area contributed by atoms with Gasteiger partial charge in [0.15, 0.2) is 0 Å². The topological polar surface area (TPSA) is 72.2 Å². The normalized spacial score (nSPS) is 11.8. The quantitative estimate of drug-likeness (QED) is 0.811. The lowest BCUT2D eigenvalue weighted by Crippen LogP contribution is -2.38. The Hall–Kier alpha value is -1.84. The minimum absolute atomic E-state index is 0.307. The number of benzene rings is 1. The molecule has 0 spiro atoms. The van der Waals surface area contributed by atoms with E-state index in [1.54, 1.807) is 0 Å². The molecule has 0 radical (unpaired) electrons. The number of hydrogen-bond donors (Lipinski definition) is 2. The van der Waals surface area contributed by atoms with Gasteiger partial charge in [0.05, 0.1) is 5.92 Å². The molecule has 0 bridgehead atoms. The van der Waals surface area contributed by atoms with Crippen LogP contribution in [-0.2, 0) is 4.79 Å². The molecule has 0 fully saturated rings. The highest BCUT2D eigenvalue weighted by Crippen LogP contribution is 2.20. The average Bonchev–Trinajstić information content (AvgIpc) is 2.26. The van der Waals surface area contributed by atoms with Crippen molar-refractivity contribution >= 4 is 11.9 Å². The molecule has 3 amide bonds. The summed E-state index contributed by atoms with van der Waals surface area (Å²) in [6, 6.07) is 8.58. The first-order valence-corrected chi connectivity index (χ1v) is 5.30. The highest BCUT2D eigenvalue weighted by molar-refractivity contribution is 5.97. The predicted molar refractivity (Wildman–Crippen MR) is 61.8 cm³/mol. The Kier molecular flexibility index (Phi) is 4.51. The van der Waals surface area contributed by atoms with Crippen LogP contribution in [0.2, 0.25) is 0 Å². The molecule has 4 nitrogen and oxygen atoms in total. The molecule has 16 heavy (non-hydrogen) atoms. The first-order valence-electron chi connectivity index (χ1n) is 5.30. The van der Waals surface area contributed by atoms with Crippen LogP contribution in [0.1, 0.15) is 31.2 Å². The Morgan fingerprint density at radius 3 is 2.44 bits per heavy atom. The molecule has 0 aliphatic heterocycles. The molecule has 1 unspecified atom stereocenters. The largest absolute Gasteiger partial charge is 0.351 e. The summed E-state index contributed by atoms with van der Waals surface area (Å²) in [5.41, 5.74) is 5.84. The van der Waals surface area contributed by atoms with Gasteiger partial charge in [0.2, 0.25) is 5.91 Å². The predicted octanol–water partition coefficient (Wildman–Crippen LogP) is 1.77. The van der Waals surface area contributed by atoms with E-state index in [1.807, 2.05) is 37.3 Å². The Balaban J connectivity index is 2.82. The van der Waals surface area contributed by atoms with Crippen LogP contribution in [0.4, 0.5) is 4.79 Å². The molecule has 1 aromatic carbocycles. The Morgan fingerprint density at radius 1 is 1.31 bits per heavy atom. The number of primary amides is 1. The number of amides is 3. The first-order chi connectivity index (χ1) is 7.65. The van der Waals surface area contributed by atoms with Gasteiger partial charge in [-0.3, -0.25) is 10.1 Å². The van der Waals surface area contributed by atoms with Crippen LogP contribution in [0, 0.1) is 0 Å². The average molecular weight is 220 g/mol. The highest BCUT2D eigenvalue weighted by Gasteiger charge is 2.20. The van der Waals surface area contributed by atoms with E-state index in [0.29, 0.717) is 6.42 Å². The summed E-state index contributed by atoms with van der Waals surface area (Å²) in [6.07, 6.45) is 1.56. The minimum atomic E-state index is -0.804. The van der Waals surface area contributed by atoms with Gasteiger partial charge in [0.1, 0.15) is 0 Å². The van der Waals surface area contributed by atoms with Crippen molar-refractivity contribution in [3.63, 3.8) is 0 Å². The van der Waals surface area contributed by atoms with Crippen molar-refractivity contribution in [3.05, 3.63) is 35.9 Å². The second kappa shape index (κ2) is 5.90. The van der Waals surface area contributed by atoms with Crippen molar-refractivity contribution in [3.8, 4) is 0 Å². The van der Waals surface area contributed by atoms with Crippen molar-refractivity contribution in [1.82, 2.24) is 5.32 Å². The van der Waals surface area contributed by atoms with E-state index in [9.17, 15) is 9.59 Å². The monoisotopic (exact) mass is 220 g/mol. The lowest BCUT2D eigenvalue weighted by Gasteiger charge is -2.14. The third-order valence-electron chi connectivity index (χ3n) is 2.34. The Labute approximate surface area is 94.8 Å². The molecular weight excluding hydrogens is 204 g/mol. The van der Waals surface area contributed by atoms with Crippen LogP contribution in [0.3, 0.4) is 0 Å². The number of rotatable bonds is 4. The van der Waals surface area contributed by atoms with Gasteiger partial charge in [-0.2, -0.15) is 0 Å². The van der Waals surface area contributed by atoms with E-state index in [-0.39, 0.29) is 11.8 Å². The van der Waals surface area contributed by atoms with Crippen LogP contribution in [0.15, 0.2) is 30.3 Å². The maximum absolute atomic E-state index is 11.7. The first kappa shape index (κ1) is 12.2. The van der Waals surface area contributed by atoms with Crippen LogP contribution in [0.5, 0.6) is 0 Å². The molecule has 0 saturated heterocycles. The highest BCUT2D eigenvalue weighted by atomic mass is 16.2. The number of nitrogens with two attached hydrogens (primary N) is 1. The molecular formula is C12H16N2O2. The van der Waals surface area contributed by atoms with Gasteiger partial charge in [-0.05, 0) is 12.0 Å². The van der Waals surface area contributed by atoms with E-state index in [1.165, 1.54) is 0 Å². The molecule has 86 valence electrons. The number of carbonyl (C=O) groups excluding carboxylic acids is 2. The van der Waals surface area contributed by atoms with Crippen molar-refractivity contribution in [2.75, 3.05) is 0 Å². The van der Waals surface area contributed by atoms with Gasteiger partial charge in [-0.25, -0.2) is 4.79 Å². The second-order valence-electron chi connectivity index (χ2n) is 3.61. The SMILES string of the molecule is CCCC(C(=O)NC(N)=O)c1ccccc1. The summed E-state index contributed by atoms with van der Waals surface area (Å²) in [6.45, 7) is 1.99. The molecule has 0 aliphatic carbocycles. The van der Waals surface area contributed by atoms with Gasteiger partial charge in [-0.15, -0.1) is 0 Å². The maximum Gasteiger partial charge on any atom is 0.318 e. The van der Waals surface area contributed by atoms with Crippen molar-refractivity contribution in [1.29, 1.82) is 0 Å². The molecule has 0 saturated carbocycles. The number of imide groups is 1. The van der Waals surface area contributed by atoms with Crippen LogP contribution >= 0.6 is 0 Å². The van der Waals surface area contributed by atoms with Crippen LogP contribution in [0.25, 0.3) is 0 Å². The van der Waals surface area contributed by atoms with Gasteiger partial charge in [-0.1, -0.05) is 43.7 Å².